The number of hydrogen-bond donors (Lipinski definition) is 3. The first kappa shape index (κ1) is 18.1. The summed E-state index contributed by atoms with van der Waals surface area (Å²) in [6, 6.07) is 16.5. The number of hydrogen-bond acceptors (Lipinski definition) is 4. The molecule has 0 heterocycles. The number of hydrazine groups is 1. The normalized spacial score (nSPS) is 9.80. The Morgan fingerprint density at radius 2 is 1.64 bits per heavy atom. The van der Waals surface area contributed by atoms with Crippen molar-refractivity contribution >= 4 is 17.5 Å². The SMILES string of the molecule is C=C(CC(=O)Nc1ccccc1)NNC(=O)COc1ccccc1C. The van der Waals surface area contributed by atoms with E-state index < -0.39 is 0 Å². The summed E-state index contributed by atoms with van der Waals surface area (Å²) in [6.07, 6.45) is 0.0355. The van der Waals surface area contributed by atoms with Gasteiger partial charge in [0.15, 0.2) is 6.61 Å². The predicted octanol–water partition coefficient (Wildman–Crippen LogP) is 2.54. The van der Waals surface area contributed by atoms with Crippen molar-refractivity contribution in [2.24, 2.45) is 0 Å². The Balaban J connectivity index is 1.68. The van der Waals surface area contributed by atoms with Gasteiger partial charge in [0.25, 0.3) is 5.91 Å². The van der Waals surface area contributed by atoms with Crippen molar-refractivity contribution in [2.75, 3.05) is 11.9 Å². The van der Waals surface area contributed by atoms with Crippen LogP contribution in [-0.4, -0.2) is 18.4 Å². The second kappa shape index (κ2) is 9.12. The highest BCUT2D eigenvalue weighted by atomic mass is 16.5. The van der Waals surface area contributed by atoms with Crippen molar-refractivity contribution in [3.05, 3.63) is 72.4 Å². The van der Waals surface area contributed by atoms with Crippen molar-refractivity contribution in [3.8, 4) is 5.75 Å². The van der Waals surface area contributed by atoms with Crippen LogP contribution in [0.3, 0.4) is 0 Å². The smallest absolute Gasteiger partial charge is 0.276 e. The summed E-state index contributed by atoms with van der Waals surface area (Å²) in [7, 11) is 0. The van der Waals surface area contributed by atoms with Gasteiger partial charge in [-0.15, -0.1) is 0 Å². The molecular weight excluding hydrogens is 318 g/mol. The first-order valence-corrected chi connectivity index (χ1v) is 7.80. The zero-order chi connectivity index (χ0) is 18.1. The summed E-state index contributed by atoms with van der Waals surface area (Å²) in [4.78, 5) is 23.6. The molecule has 0 fully saturated rings. The molecule has 0 aromatic heterocycles. The van der Waals surface area contributed by atoms with E-state index in [9.17, 15) is 9.59 Å². The Kier molecular flexibility index (Phi) is 6.59. The number of para-hydroxylation sites is 2. The van der Waals surface area contributed by atoms with Gasteiger partial charge in [-0.1, -0.05) is 43.0 Å². The number of aryl methyl sites for hydroxylation is 1. The molecule has 0 radical (unpaired) electrons. The molecule has 0 spiro atoms. The number of anilines is 1. The molecule has 0 unspecified atom stereocenters. The number of nitrogens with one attached hydrogen (secondary N) is 3. The molecule has 0 saturated heterocycles. The molecule has 0 bridgehead atoms. The quantitative estimate of drug-likeness (QED) is 0.646. The number of amides is 2. The molecule has 0 saturated carbocycles. The van der Waals surface area contributed by atoms with E-state index in [1.54, 1.807) is 18.2 Å². The molecule has 2 aromatic carbocycles. The average Bonchev–Trinajstić information content (AvgIpc) is 2.60. The Labute approximate surface area is 146 Å². The number of ether oxygens (including phenoxy) is 1. The standard InChI is InChI=1S/C19H21N3O3/c1-14-8-6-7-11-17(14)25-13-19(24)22-21-15(2)12-18(23)20-16-9-4-3-5-10-16/h3-11,21H,2,12-13H2,1H3,(H,20,23)(H,22,24). The summed E-state index contributed by atoms with van der Waals surface area (Å²) < 4.78 is 5.43. The van der Waals surface area contributed by atoms with E-state index in [2.05, 4.69) is 22.7 Å². The zero-order valence-corrected chi connectivity index (χ0v) is 14.0. The molecule has 0 atom stereocenters. The highest BCUT2D eigenvalue weighted by Crippen LogP contribution is 2.15. The summed E-state index contributed by atoms with van der Waals surface area (Å²) in [5.41, 5.74) is 7.09. The van der Waals surface area contributed by atoms with Crippen LogP contribution in [0.1, 0.15) is 12.0 Å². The minimum Gasteiger partial charge on any atom is -0.483 e. The van der Waals surface area contributed by atoms with E-state index in [0.717, 1.165) is 5.56 Å². The fourth-order valence-corrected chi connectivity index (χ4v) is 2.02. The topological polar surface area (TPSA) is 79.5 Å². The van der Waals surface area contributed by atoms with Gasteiger partial charge >= 0.3 is 0 Å². The number of carbonyl (C=O) groups is 2. The van der Waals surface area contributed by atoms with Gasteiger partial charge < -0.3 is 15.5 Å². The summed E-state index contributed by atoms with van der Waals surface area (Å²) in [5, 5.41) is 2.74. The second-order valence-corrected chi connectivity index (χ2v) is 5.42. The third-order valence-corrected chi connectivity index (χ3v) is 3.26. The van der Waals surface area contributed by atoms with E-state index in [0.29, 0.717) is 17.1 Å². The van der Waals surface area contributed by atoms with E-state index >= 15 is 0 Å². The fraction of sp³-hybridized carbons (Fsp3) is 0.158. The summed E-state index contributed by atoms with van der Waals surface area (Å²) >= 11 is 0. The van der Waals surface area contributed by atoms with Crippen LogP contribution in [0.15, 0.2) is 66.9 Å². The van der Waals surface area contributed by atoms with Crippen molar-refractivity contribution in [2.45, 2.75) is 13.3 Å². The van der Waals surface area contributed by atoms with Crippen molar-refractivity contribution in [1.82, 2.24) is 10.9 Å². The van der Waals surface area contributed by atoms with Gasteiger partial charge in [0.05, 0.1) is 6.42 Å². The Bertz CT molecular complexity index is 745. The molecule has 2 rings (SSSR count). The van der Waals surface area contributed by atoms with Gasteiger partial charge in [-0.05, 0) is 30.7 Å². The van der Waals surface area contributed by atoms with E-state index in [1.807, 2.05) is 43.3 Å². The average molecular weight is 339 g/mol. The summed E-state index contributed by atoms with van der Waals surface area (Å²) in [6.45, 7) is 5.48. The van der Waals surface area contributed by atoms with E-state index in [4.69, 9.17) is 4.74 Å². The van der Waals surface area contributed by atoms with Crippen LogP contribution >= 0.6 is 0 Å². The van der Waals surface area contributed by atoms with Crippen LogP contribution in [0.25, 0.3) is 0 Å². The molecule has 0 aliphatic rings. The molecule has 6 nitrogen and oxygen atoms in total. The number of rotatable bonds is 8. The molecule has 25 heavy (non-hydrogen) atoms. The maximum absolute atomic E-state index is 11.9. The van der Waals surface area contributed by atoms with Gasteiger partial charge in [0, 0.05) is 11.4 Å². The van der Waals surface area contributed by atoms with Gasteiger partial charge in [-0.25, -0.2) is 0 Å². The predicted molar refractivity (Wildman–Crippen MR) is 96.8 cm³/mol. The first-order chi connectivity index (χ1) is 12.0. The maximum Gasteiger partial charge on any atom is 0.276 e. The minimum absolute atomic E-state index is 0.0355. The van der Waals surface area contributed by atoms with Crippen molar-refractivity contribution in [3.63, 3.8) is 0 Å². The lowest BCUT2D eigenvalue weighted by Crippen LogP contribution is -2.40. The monoisotopic (exact) mass is 339 g/mol. The number of benzene rings is 2. The van der Waals surface area contributed by atoms with Gasteiger partial charge in [-0.3, -0.25) is 15.0 Å². The number of carbonyl (C=O) groups excluding carboxylic acids is 2. The summed E-state index contributed by atoms with van der Waals surface area (Å²) in [5.74, 6) is 0.0562. The lowest BCUT2D eigenvalue weighted by Gasteiger charge is -2.12. The van der Waals surface area contributed by atoms with E-state index in [-0.39, 0.29) is 24.8 Å². The minimum atomic E-state index is -0.368. The lowest BCUT2D eigenvalue weighted by atomic mass is 10.2. The molecule has 130 valence electrons. The third-order valence-electron chi connectivity index (χ3n) is 3.26. The molecule has 0 aliphatic heterocycles. The van der Waals surface area contributed by atoms with Crippen LogP contribution in [0.4, 0.5) is 5.69 Å². The highest BCUT2D eigenvalue weighted by molar-refractivity contribution is 5.92. The fourth-order valence-electron chi connectivity index (χ4n) is 2.02. The molecule has 6 heteroatoms. The molecule has 0 aliphatic carbocycles. The van der Waals surface area contributed by atoms with Gasteiger partial charge in [0.1, 0.15) is 5.75 Å². The first-order valence-electron chi connectivity index (χ1n) is 7.80. The van der Waals surface area contributed by atoms with Gasteiger partial charge in [0.2, 0.25) is 5.91 Å². The maximum atomic E-state index is 11.9. The highest BCUT2D eigenvalue weighted by Gasteiger charge is 2.07. The zero-order valence-electron chi connectivity index (χ0n) is 14.0. The molecule has 2 aromatic rings. The van der Waals surface area contributed by atoms with Crippen molar-refractivity contribution < 1.29 is 14.3 Å². The lowest BCUT2D eigenvalue weighted by molar-refractivity contribution is -0.124. The van der Waals surface area contributed by atoms with Gasteiger partial charge in [-0.2, -0.15) is 0 Å². The third kappa shape index (κ3) is 6.39. The Morgan fingerprint density at radius 1 is 0.960 bits per heavy atom. The van der Waals surface area contributed by atoms with Crippen LogP contribution in [-0.2, 0) is 9.59 Å². The van der Waals surface area contributed by atoms with E-state index in [1.165, 1.54) is 0 Å². The Morgan fingerprint density at radius 3 is 2.36 bits per heavy atom. The van der Waals surface area contributed by atoms with Crippen LogP contribution in [0.2, 0.25) is 0 Å². The molecule has 2 amide bonds. The second-order valence-electron chi connectivity index (χ2n) is 5.42. The molecular formula is C19H21N3O3. The van der Waals surface area contributed by atoms with Crippen LogP contribution in [0.5, 0.6) is 5.75 Å². The van der Waals surface area contributed by atoms with Crippen molar-refractivity contribution in [1.29, 1.82) is 0 Å². The largest absolute Gasteiger partial charge is 0.483 e. The van der Waals surface area contributed by atoms with Crippen LogP contribution < -0.4 is 20.9 Å². The van der Waals surface area contributed by atoms with Crippen LogP contribution in [0, 0.1) is 6.92 Å². The Hall–Kier alpha value is -3.28. The molecule has 3 N–H and O–H groups in total.